The van der Waals surface area contributed by atoms with Crippen molar-refractivity contribution in [2.75, 3.05) is 6.26 Å². The van der Waals surface area contributed by atoms with Crippen LogP contribution in [0.15, 0.2) is 64.9 Å². The highest BCUT2D eigenvalue weighted by Gasteiger charge is 2.16. The third-order valence-corrected chi connectivity index (χ3v) is 5.53. The van der Waals surface area contributed by atoms with E-state index in [2.05, 4.69) is 0 Å². The Kier molecular flexibility index (Phi) is 4.84. The normalized spacial score (nSPS) is 10.5. The maximum absolute atomic E-state index is 12.7. The van der Waals surface area contributed by atoms with Crippen LogP contribution in [0, 0.1) is 6.92 Å². The van der Waals surface area contributed by atoms with Gasteiger partial charge in [-0.05, 0) is 55.6 Å². The molecule has 3 aromatic rings. The van der Waals surface area contributed by atoms with Gasteiger partial charge < -0.3 is 4.74 Å². The molecule has 1 heterocycles. The van der Waals surface area contributed by atoms with E-state index in [9.17, 15) is 4.79 Å². The highest BCUT2D eigenvalue weighted by atomic mass is 32.2. The zero-order valence-electron chi connectivity index (χ0n) is 12.9. The van der Waals surface area contributed by atoms with Gasteiger partial charge in [0.2, 0.25) is 0 Å². The summed E-state index contributed by atoms with van der Waals surface area (Å²) in [6.45, 7) is 2.03. The van der Waals surface area contributed by atoms with E-state index in [1.54, 1.807) is 23.1 Å². The number of hydrogen-bond donors (Lipinski definition) is 0. The third-order valence-electron chi connectivity index (χ3n) is 3.35. The first kappa shape index (κ1) is 15.8. The average molecular weight is 340 g/mol. The first-order valence-electron chi connectivity index (χ1n) is 7.19. The molecule has 0 fully saturated rings. The number of carbonyl (C=O) groups is 1. The molecule has 0 aliphatic heterocycles. The molecule has 0 saturated carbocycles. The van der Waals surface area contributed by atoms with Crippen LogP contribution in [0.25, 0.3) is 0 Å². The predicted molar refractivity (Wildman–Crippen MR) is 97.2 cm³/mol. The second-order valence-electron chi connectivity index (χ2n) is 5.03. The number of thioether (sulfide) groups is 1. The second-order valence-corrected chi connectivity index (χ2v) is 7.36. The van der Waals surface area contributed by atoms with Crippen LogP contribution < -0.4 is 4.74 Å². The van der Waals surface area contributed by atoms with E-state index >= 15 is 0 Å². The molecule has 0 N–H and O–H groups in total. The number of para-hydroxylation sites is 1. The van der Waals surface area contributed by atoms with E-state index in [-0.39, 0.29) is 5.78 Å². The second kappa shape index (κ2) is 7.02. The molecule has 0 aliphatic rings. The van der Waals surface area contributed by atoms with Crippen LogP contribution in [0.1, 0.15) is 20.8 Å². The van der Waals surface area contributed by atoms with Crippen LogP contribution in [-0.4, -0.2) is 12.0 Å². The van der Waals surface area contributed by atoms with Crippen molar-refractivity contribution >= 4 is 28.9 Å². The molecule has 0 spiro atoms. The Balaban J connectivity index is 1.80. The first-order chi connectivity index (χ1) is 11.2. The first-order valence-corrected chi connectivity index (χ1v) is 9.23. The highest BCUT2D eigenvalue weighted by Crippen LogP contribution is 2.32. The monoisotopic (exact) mass is 340 g/mol. The van der Waals surface area contributed by atoms with Gasteiger partial charge in [0.05, 0.1) is 4.21 Å². The van der Waals surface area contributed by atoms with Gasteiger partial charge in [0.1, 0.15) is 11.5 Å². The Morgan fingerprint density at radius 2 is 1.65 bits per heavy atom. The molecule has 3 rings (SSSR count). The van der Waals surface area contributed by atoms with Crippen molar-refractivity contribution in [1.82, 2.24) is 0 Å². The van der Waals surface area contributed by atoms with E-state index in [0.717, 1.165) is 26.1 Å². The molecule has 0 radical (unpaired) electrons. The Bertz CT molecular complexity index is 805. The molecule has 0 aliphatic carbocycles. The zero-order valence-corrected chi connectivity index (χ0v) is 14.5. The largest absolute Gasteiger partial charge is 0.457 e. The highest BCUT2D eigenvalue weighted by molar-refractivity contribution is 8.00. The van der Waals surface area contributed by atoms with Gasteiger partial charge in [0, 0.05) is 16.0 Å². The van der Waals surface area contributed by atoms with Crippen molar-refractivity contribution in [3.63, 3.8) is 0 Å². The summed E-state index contributed by atoms with van der Waals surface area (Å²) in [5.74, 6) is 1.56. The molecule has 116 valence electrons. The minimum Gasteiger partial charge on any atom is -0.457 e. The fourth-order valence-corrected chi connectivity index (χ4v) is 4.09. The molecule has 4 heteroatoms. The standard InChI is InChI=1S/C19H16O2S2/c1-13-12-17(19(22-2)23-13)18(20)14-8-10-16(11-9-14)21-15-6-4-3-5-7-15/h3-12H,1-2H3. The van der Waals surface area contributed by atoms with Gasteiger partial charge in [0.15, 0.2) is 5.78 Å². The Morgan fingerprint density at radius 3 is 2.30 bits per heavy atom. The summed E-state index contributed by atoms with van der Waals surface area (Å²) >= 11 is 3.28. The summed E-state index contributed by atoms with van der Waals surface area (Å²) in [6, 6.07) is 18.9. The minimum absolute atomic E-state index is 0.0601. The van der Waals surface area contributed by atoms with Gasteiger partial charge in [-0.3, -0.25) is 4.79 Å². The number of ketones is 1. The molecule has 2 aromatic carbocycles. The van der Waals surface area contributed by atoms with Gasteiger partial charge >= 0.3 is 0 Å². The van der Waals surface area contributed by atoms with Crippen molar-refractivity contribution in [2.24, 2.45) is 0 Å². The van der Waals surface area contributed by atoms with E-state index in [1.165, 1.54) is 0 Å². The summed E-state index contributed by atoms with van der Waals surface area (Å²) in [4.78, 5) is 13.8. The zero-order chi connectivity index (χ0) is 16.2. The lowest BCUT2D eigenvalue weighted by atomic mass is 10.1. The number of benzene rings is 2. The molecule has 0 atom stereocenters. The lowest BCUT2D eigenvalue weighted by molar-refractivity contribution is 0.103. The molecule has 0 amide bonds. The molecule has 0 bridgehead atoms. The molecule has 2 nitrogen and oxygen atoms in total. The van der Waals surface area contributed by atoms with Crippen LogP contribution in [0.4, 0.5) is 0 Å². The molecule has 0 saturated heterocycles. The Morgan fingerprint density at radius 1 is 1.00 bits per heavy atom. The Labute approximate surface area is 144 Å². The van der Waals surface area contributed by atoms with Gasteiger partial charge in [0.25, 0.3) is 0 Å². The number of aryl methyl sites for hydroxylation is 1. The van der Waals surface area contributed by atoms with E-state index in [0.29, 0.717) is 5.56 Å². The van der Waals surface area contributed by atoms with E-state index < -0.39 is 0 Å². The molecular weight excluding hydrogens is 324 g/mol. The van der Waals surface area contributed by atoms with Crippen LogP contribution in [0.5, 0.6) is 11.5 Å². The molecular formula is C19H16O2S2. The lowest BCUT2D eigenvalue weighted by Crippen LogP contribution is -2.00. The fraction of sp³-hybridized carbons (Fsp3) is 0.105. The smallest absolute Gasteiger partial charge is 0.195 e. The van der Waals surface area contributed by atoms with Gasteiger partial charge in [-0.1, -0.05) is 18.2 Å². The minimum atomic E-state index is 0.0601. The number of rotatable bonds is 5. The summed E-state index contributed by atoms with van der Waals surface area (Å²) in [5.41, 5.74) is 1.47. The topological polar surface area (TPSA) is 26.3 Å². The maximum Gasteiger partial charge on any atom is 0.195 e. The van der Waals surface area contributed by atoms with Crippen LogP contribution in [-0.2, 0) is 0 Å². The van der Waals surface area contributed by atoms with E-state index in [1.807, 2.05) is 73.8 Å². The van der Waals surface area contributed by atoms with Crippen LogP contribution >= 0.6 is 23.1 Å². The van der Waals surface area contributed by atoms with Crippen molar-refractivity contribution in [2.45, 2.75) is 11.1 Å². The number of hydrogen-bond acceptors (Lipinski definition) is 4. The van der Waals surface area contributed by atoms with Crippen molar-refractivity contribution in [3.05, 3.63) is 76.7 Å². The third kappa shape index (κ3) is 3.66. The summed E-state index contributed by atoms with van der Waals surface area (Å²) in [6.07, 6.45) is 2.00. The predicted octanol–water partition coefficient (Wildman–Crippen LogP) is 5.80. The van der Waals surface area contributed by atoms with Gasteiger partial charge in [-0.2, -0.15) is 0 Å². The van der Waals surface area contributed by atoms with Crippen LogP contribution in [0.3, 0.4) is 0 Å². The Hall–Kier alpha value is -2.04. The quantitative estimate of drug-likeness (QED) is 0.433. The van der Waals surface area contributed by atoms with Crippen LogP contribution in [0.2, 0.25) is 0 Å². The summed E-state index contributed by atoms with van der Waals surface area (Å²) in [5, 5.41) is 0. The van der Waals surface area contributed by atoms with Crippen molar-refractivity contribution in [3.8, 4) is 11.5 Å². The number of carbonyl (C=O) groups excluding carboxylic acids is 1. The van der Waals surface area contributed by atoms with Crippen molar-refractivity contribution < 1.29 is 9.53 Å². The number of ether oxygens (including phenoxy) is 1. The summed E-state index contributed by atoms with van der Waals surface area (Å²) < 4.78 is 6.82. The van der Waals surface area contributed by atoms with Gasteiger partial charge in [-0.25, -0.2) is 0 Å². The summed E-state index contributed by atoms with van der Waals surface area (Å²) in [7, 11) is 0. The molecule has 0 unspecified atom stereocenters. The van der Waals surface area contributed by atoms with E-state index in [4.69, 9.17) is 4.74 Å². The van der Waals surface area contributed by atoms with Crippen molar-refractivity contribution in [1.29, 1.82) is 0 Å². The SMILES string of the molecule is CSc1sc(C)cc1C(=O)c1ccc(Oc2ccccc2)cc1. The molecule has 23 heavy (non-hydrogen) atoms. The molecule has 1 aromatic heterocycles. The fourth-order valence-electron chi connectivity index (χ4n) is 2.26. The number of thiophene rings is 1. The van der Waals surface area contributed by atoms with Gasteiger partial charge in [-0.15, -0.1) is 23.1 Å². The maximum atomic E-state index is 12.7. The average Bonchev–Trinajstić information content (AvgIpc) is 2.97. The lowest BCUT2D eigenvalue weighted by Gasteiger charge is -2.06.